The van der Waals surface area contributed by atoms with Crippen LogP contribution < -0.4 is 4.90 Å². The van der Waals surface area contributed by atoms with Gasteiger partial charge in [-0.1, -0.05) is 12.1 Å². The van der Waals surface area contributed by atoms with Gasteiger partial charge in [-0.15, -0.1) is 0 Å². The quantitative estimate of drug-likeness (QED) is 0.769. The molecule has 138 valence electrons. The standard InChI is InChI=1S/C19H15FN2O4S/c20-13-3-5-14(6-4-13)22-18(26)16(11-17(24)25)21(19(22)27)10-9-12-1-7-15(23)8-2-12/h1-10,16,23H,11H2,(H,24,25)/b10-9+. The van der Waals surface area contributed by atoms with Gasteiger partial charge in [0.25, 0.3) is 5.91 Å². The van der Waals surface area contributed by atoms with Crippen LogP contribution in [0.5, 0.6) is 5.75 Å². The molecule has 1 fully saturated rings. The molecule has 0 aromatic heterocycles. The highest BCUT2D eigenvalue weighted by molar-refractivity contribution is 7.80. The number of hydrogen-bond donors (Lipinski definition) is 2. The summed E-state index contributed by atoms with van der Waals surface area (Å²) in [4.78, 5) is 26.6. The fourth-order valence-electron chi connectivity index (χ4n) is 2.71. The summed E-state index contributed by atoms with van der Waals surface area (Å²) in [5, 5.41) is 18.6. The second kappa shape index (κ2) is 7.55. The second-order valence-corrected chi connectivity index (χ2v) is 6.23. The van der Waals surface area contributed by atoms with Crippen molar-refractivity contribution in [1.82, 2.24) is 4.90 Å². The van der Waals surface area contributed by atoms with E-state index in [1.807, 2.05) is 0 Å². The summed E-state index contributed by atoms with van der Waals surface area (Å²) < 4.78 is 13.2. The van der Waals surface area contributed by atoms with Gasteiger partial charge in [0.15, 0.2) is 5.11 Å². The number of aromatic hydroxyl groups is 1. The third-order valence-electron chi connectivity index (χ3n) is 4.03. The van der Waals surface area contributed by atoms with Crippen LogP contribution in [0.2, 0.25) is 0 Å². The third-order valence-corrected chi connectivity index (χ3v) is 4.42. The van der Waals surface area contributed by atoms with E-state index in [0.29, 0.717) is 5.69 Å². The molecule has 27 heavy (non-hydrogen) atoms. The number of benzene rings is 2. The molecule has 0 bridgehead atoms. The molecule has 0 radical (unpaired) electrons. The first-order valence-electron chi connectivity index (χ1n) is 7.97. The molecule has 2 aromatic rings. The summed E-state index contributed by atoms with van der Waals surface area (Å²) >= 11 is 5.37. The predicted octanol–water partition coefficient (Wildman–Crippen LogP) is 2.98. The van der Waals surface area contributed by atoms with Crippen molar-refractivity contribution in [1.29, 1.82) is 0 Å². The van der Waals surface area contributed by atoms with Gasteiger partial charge in [0, 0.05) is 6.20 Å². The van der Waals surface area contributed by atoms with E-state index in [1.165, 1.54) is 52.4 Å². The van der Waals surface area contributed by atoms with E-state index in [9.17, 15) is 19.1 Å². The Labute approximate surface area is 159 Å². The van der Waals surface area contributed by atoms with Crippen LogP contribution >= 0.6 is 12.2 Å². The zero-order valence-corrected chi connectivity index (χ0v) is 14.8. The smallest absolute Gasteiger partial charge is 0.306 e. The van der Waals surface area contributed by atoms with E-state index < -0.39 is 30.2 Å². The number of carboxylic acid groups (broad SMARTS) is 1. The number of phenols is 1. The molecule has 1 saturated heterocycles. The highest BCUT2D eigenvalue weighted by atomic mass is 32.1. The molecular weight excluding hydrogens is 371 g/mol. The molecular formula is C19H15FN2O4S. The molecule has 3 rings (SSSR count). The maximum atomic E-state index is 13.2. The number of carbonyl (C=O) groups is 2. The van der Waals surface area contributed by atoms with Gasteiger partial charge in [-0.25, -0.2) is 4.39 Å². The van der Waals surface area contributed by atoms with Crippen molar-refractivity contribution in [2.24, 2.45) is 0 Å². The van der Waals surface area contributed by atoms with Gasteiger partial charge < -0.3 is 15.1 Å². The Bertz CT molecular complexity index is 912. The molecule has 0 saturated carbocycles. The lowest BCUT2D eigenvalue weighted by Crippen LogP contribution is -2.33. The number of phenolic OH excluding ortho intramolecular Hbond substituents is 1. The zero-order chi connectivity index (χ0) is 19.6. The summed E-state index contributed by atoms with van der Waals surface area (Å²) in [5.74, 6) is -1.97. The van der Waals surface area contributed by atoms with Gasteiger partial charge >= 0.3 is 5.97 Å². The first kappa shape index (κ1) is 18.5. The van der Waals surface area contributed by atoms with Gasteiger partial charge in [0.05, 0.1) is 12.1 Å². The molecule has 1 atom stereocenters. The number of carbonyl (C=O) groups excluding carboxylic acids is 1. The Hall–Kier alpha value is -3.26. The lowest BCUT2D eigenvalue weighted by Gasteiger charge is -2.19. The van der Waals surface area contributed by atoms with Crippen molar-refractivity contribution >= 4 is 41.0 Å². The van der Waals surface area contributed by atoms with Crippen molar-refractivity contribution in [2.75, 3.05) is 4.90 Å². The Morgan fingerprint density at radius 2 is 1.78 bits per heavy atom. The minimum Gasteiger partial charge on any atom is -0.508 e. The molecule has 6 nitrogen and oxygen atoms in total. The first-order chi connectivity index (χ1) is 12.9. The third kappa shape index (κ3) is 3.95. The minimum atomic E-state index is -1.14. The van der Waals surface area contributed by atoms with Gasteiger partial charge in [-0.3, -0.25) is 14.5 Å². The minimum absolute atomic E-state index is 0.105. The van der Waals surface area contributed by atoms with Crippen LogP contribution in [-0.2, 0) is 9.59 Å². The van der Waals surface area contributed by atoms with Crippen molar-refractivity contribution < 1.29 is 24.2 Å². The lowest BCUT2D eigenvalue weighted by atomic mass is 10.1. The largest absolute Gasteiger partial charge is 0.508 e. The fourth-order valence-corrected chi connectivity index (χ4v) is 3.09. The highest BCUT2D eigenvalue weighted by Gasteiger charge is 2.43. The number of rotatable bonds is 5. The maximum Gasteiger partial charge on any atom is 0.306 e. The molecule has 1 heterocycles. The molecule has 0 spiro atoms. The second-order valence-electron chi connectivity index (χ2n) is 5.86. The number of anilines is 1. The number of amides is 1. The van der Waals surface area contributed by atoms with Gasteiger partial charge in [0.2, 0.25) is 0 Å². The van der Waals surface area contributed by atoms with E-state index in [-0.39, 0.29) is 10.9 Å². The number of nitrogens with zero attached hydrogens (tertiary/aromatic N) is 2. The van der Waals surface area contributed by atoms with Crippen LogP contribution in [0.3, 0.4) is 0 Å². The SMILES string of the molecule is O=C(O)CC1C(=O)N(c2ccc(F)cc2)C(=S)N1/C=C/c1ccc(O)cc1. The molecule has 8 heteroatoms. The lowest BCUT2D eigenvalue weighted by molar-refractivity contribution is -0.139. The zero-order valence-electron chi connectivity index (χ0n) is 13.9. The van der Waals surface area contributed by atoms with Gasteiger partial charge in [0.1, 0.15) is 17.6 Å². The number of aliphatic carboxylic acids is 1. The van der Waals surface area contributed by atoms with E-state index in [2.05, 4.69) is 0 Å². The summed E-state index contributed by atoms with van der Waals surface area (Å²) in [7, 11) is 0. The van der Waals surface area contributed by atoms with Gasteiger partial charge in [-0.05, 0) is 60.3 Å². The van der Waals surface area contributed by atoms with Crippen molar-refractivity contribution in [3.8, 4) is 5.75 Å². The molecule has 0 aliphatic carbocycles. The molecule has 1 aliphatic rings. The number of carboxylic acids is 1. The molecule has 1 aliphatic heterocycles. The summed E-state index contributed by atoms with van der Waals surface area (Å²) in [6.07, 6.45) is 2.75. The molecule has 1 amide bonds. The number of thiocarbonyl (C=S) groups is 1. The monoisotopic (exact) mass is 386 g/mol. The average molecular weight is 386 g/mol. The van der Waals surface area contributed by atoms with E-state index in [0.717, 1.165) is 5.56 Å². The van der Waals surface area contributed by atoms with Crippen LogP contribution in [0, 0.1) is 5.82 Å². The maximum absolute atomic E-state index is 13.2. The van der Waals surface area contributed by atoms with Crippen molar-refractivity contribution in [3.05, 3.63) is 66.1 Å². The first-order valence-corrected chi connectivity index (χ1v) is 8.38. The predicted molar refractivity (Wildman–Crippen MR) is 102 cm³/mol. The van der Waals surface area contributed by atoms with Crippen LogP contribution in [0.1, 0.15) is 12.0 Å². The van der Waals surface area contributed by atoms with E-state index >= 15 is 0 Å². The molecule has 2 aromatic carbocycles. The molecule has 2 N–H and O–H groups in total. The van der Waals surface area contributed by atoms with Crippen LogP contribution in [0.4, 0.5) is 10.1 Å². The van der Waals surface area contributed by atoms with E-state index in [4.69, 9.17) is 17.3 Å². The Morgan fingerprint density at radius 1 is 1.15 bits per heavy atom. The normalized spacial score (nSPS) is 17.1. The van der Waals surface area contributed by atoms with E-state index in [1.54, 1.807) is 18.2 Å². The average Bonchev–Trinajstić information content (AvgIpc) is 2.85. The summed E-state index contributed by atoms with van der Waals surface area (Å²) in [5.41, 5.74) is 1.10. The fraction of sp³-hybridized carbons (Fsp3) is 0.105. The van der Waals surface area contributed by atoms with Crippen molar-refractivity contribution in [2.45, 2.75) is 12.5 Å². The number of hydrogen-bond acceptors (Lipinski definition) is 4. The highest BCUT2D eigenvalue weighted by Crippen LogP contribution is 2.28. The summed E-state index contributed by atoms with van der Waals surface area (Å²) in [6, 6.07) is 10.6. The topological polar surface area (TPSA) is 81.1 Å². The van der Waals surface area contributed by atoms with Crippen LogP contribution in [0.15, 0.2) is 54.7 Å². The van der Waals surface area contributed by atoms with Crippen LogP contribution in [0.25, 0.3) is 6.08 Å². The van der Waals surface area contributed by atoms with Crippen molar-refractivity contribution in [3.63, 3.8) is 0 Å². The number of halogens is 1. The molecule has 1 unspecified atom stereocenters. The Morgan fingerprint density at radius 3 is 2.37 bits per heavy atom. The Kier molecular flexibility index (Phi) is 5.18. The van der Waals surface area contributed by atoms with Crippen LogP contribution in [-0.4, -0.2) is 38.1 Å². The summed E-state index contributed by atoms with van der Waals surface area (Å²) in [6.45, 7) is 0. The Balaban J connectivity index is 1.93. The van der Waals surface area contributed by atoms with Gasteiger partial charge in [-0.2, -0.15) is 0 Å².